The van der Waals surface area contributed by atoms with Crippen molar-refractivity contribution in [2.75, 3.05) is 7.11 Å². The molecule has 0 aliphatic carbocycles. The second-order valence-electron chi connectivity index (χ2n) is 4.13. The molecule has 0 amide bonds. The molecule has 0 aromatic heterocycles. The summed E-state index contributed by atoms with van der Waals surface area (Å²) in [6.45, 7) is 0. The smallest absolute Gasteiger partial charge is 0.338 e. The number of hydrogen-bond donors (Lipinski definition) is 0. The van der Waals surface area contributed by atoms with Gasteiger partial charge >= 0.3 is 5.97 Å². The fraction of sp³-hybridized carbons (Fsp3) is 0.0714. The Morgan fingerprint density at radius 3 is 1.95 bits per heavy atom. The predicted octanol–water partition coefficient (Wildman–Crippen LogP) is 6.55. The molecule has 0 heterocycles. The molecule has 0 saturated carbocycles. The highest BCUT2D eigenvalue weighted by molar-refractivity contribution is 6.56. The van der Waals surface area contributed by atoms with Gasteiger partial charge in [0.25, 0.3) is 0 Å². The van der Waals surface area contributed by atoms with Crippen LogP contribution in [-0.4, -0.2) is 13.1 Å². The van der Waals surface area contributed by atoms with E-state index in [0.717, 1.165) is 12.1 Å². The molecule has 0 radical (unpaired) electrons. The Bertz CT molecular complexity index is 747. The van der Waals surface area contributed by atoms with Gasteiger partial charge in [0, 0.05) is 5.56 Å². The standard InChI is InChI=1S/C14H6Cl5FO2/c1-22-14(21)7-4-5(20)2-3-6(7)8-9(15)11(17)13(19)12(18)10(8)16/h2-4H,1H3. The lowest BCUT2D eigenvalue weighted by Gasteiger charge is -2.15. The summed E-state index contributed by atoms with van der Waals surface area (Å²) in [6.07, 6.45) is 0. The fourth-order valence-corrected chi connectivity index (χ4v) is 3.20. The topological polar surface area (TPSA) is 26.3 Å². The Kier molecular flexibility index (Phi) is 5.46. The van der Waals surface area contributed by atoms with E-state index in [1.165, 1.54) is 13.2 Å². The maximum atomic E-state index is 13.4. The minimum absolute atomic E-state index is 0.00201. The van der Waals surface area contributed by atoms with Crippen molar-refractivity contribution in [2.24, 2.45) is 0 Å². The van der Waals surface area contributed by atoms with Crippen molar-refractivity contribution in [2.45, 2.75) is 0 Å². The number of ether oxygens (including phenoxy) is 1. The summed E-state index contributed by atoms with van der Waals surface area (Å²) < 4.78 is 18.1. The summed E-state index contributed by atoms with van der Waals surface area (Å²) in [7, 11) is 1.17. The van der Waals surface area contributed by atoms with Crippen LogP contribution in [0.25, 0.3) is 11.1 Å². The molecule has 0 spiro atoms. The summed E-state index contributed by atoms with van der Waals surface area (Å²) in [5, 5.41) is -0.0554. The molecule has 0 N–H and O–H groups in total. The molecule has 0 atom stereocenters. The van der Waals surface area contributed by atoms with E-state index in [1.807, 2.05) is 0 Å². The van der Waals surface area contributed by atoms with Crippen molar-refractivity contribution in [3.8, 4) is 11.1 Å². The highest BCUT2D eigenvalue weighted by atomic mass is 35.5. The third-order valence-corrected chi connectivity index (χ3v) is 5.14. The lowest BCUT2D eigenvalue weighted by molar-refractivity contribution is 0.0601. The lowest BCUT2D eigenvalue weighted by atomic mass is 9.99. The quantitative estimate of drug-likeness (QED) is 0.324. The Morgan fingerprint density at radius 2 is 1.45 bits per heavy atom. The van der Waals surface area contributed by atoms with Gasteiger partial charge in [-0.15, -0.1) is 0 Å². The molecule has 2 rings (SSSR count). The van der Waals surface area contributed by atoms with Crippen LogP contribution in [0.4, 0.5) is 4.39 Å². The van der Waals surface area contributed by atoms with Crippen LogP contribution in [0.15, 0.2) is 18.2 Å². The first kappa shape index (κ1) is 17.6. The van der Waals surface area contributed by atoms with E-state index < -0.39 is 11.8 Å². The largest absolute Gasteiger partial charge is 0.465 e. The highest BCUT2D eigenvalue weighted by Crippen LogP contribution is 2.48. The molecule has 0 bridgehead atoms. The van der Waals surface area contributed by atoms with E-state index in [0.29, 0.717) is 0 Å². The molecular formula is C14H6Cl5FO2. The van der Waals surface area contributed by atoms with Crippen molar-refractivity contribution in [1.29, 1.82) is 0 Å². The Hall–Kier alpha value is -0.710. The van der Waals surface area contributed by atoms with E-state index in [4.69, 9.17) is 58.0 Å². The minimum atomic E-state index is -0.760. The molecular weight excluding hydrogens is 396 g/mol. The van der Waals surface area contributed by atoms with Crippen LogP contribution in [0.5, 0.6) is 0 Å². The Labute approximate surface area is 150 Å². The zero-order valence-corrected chi connectivity index (χ0v) is 14.6. The number of hydrogen-bond acceptors (Lipinski definition) is 2. The van der Waals surface area contributed by atoms with Gasteiger partial charge in [0.1, 0.15) is 5.82 Å². The summed E-state index contributed by atoms with van der Waals surface area (Å²) in [5.41, 5.74) is 0.326. The monoisotopic (exact) mass is 400 g/mol. The summed E-state index contributed by atoms with van der Waals surface area (Å²) in [4.78, 5) is 11.9. The Morgan fingerprint density at radius 1 is 0.955 bits per heavy atom. The maximum Gasteiger partial charge on any atom is 0.338 e. The van der Waals surface area contributed by atoms with E-state index in [-0.39, 0.29) is 41.8 Å². The number of esters is 1. The molecule has 2 aromatic carbocycles. The maximum absolute atomic E-state index is 13.4. The number of benzene rings is 2. The van der Waals surface area contributed by atoms with Crippen molar-refractivity contribution < 1.29 is 13.9 Å². The van der Waals surface area contributed by atoms with Crippen LogP contribution in [0, 0.1) is 5.82 Å². The van der Waals surface area contributed by atoms with Gasteiger partial charge in [0.15, 0.2) is 0 Å². The van der Waals surface area contributed by atoms with Crippen LogP contribution >= 0.6 is 58.0 Å². The minimum Gasteiger partial charge on any atom is -0.465 e. The van der Waals surface area contributed by atoms with E-state index >= 15 is 0 Å². The molecule has 0 saturated heterocycles. The van der Waals surface area contributed by atoms with Gasteiger partial charge < -0.3 is 4.74 Å². The first-order valence-corrected chi connectivity index (χ1v) is 7.58. The van der Waals surface area contributed by atoms with Crippen LogP contribution in [0.2, 0.25) is 25.1 Å². The average Bonchev–Trinajstić information content (AvgIpc) is 2.51. The van der Waals surface area contributed by atoms with Gasteiger partial charge in [0.05, 0.1) is 37.8 Å². The summed E-state index contributed by atoms with van der Waals surface area (Å²) in [6, 6.07) is 3.48. The number of halogens is 6. The van der Waals surface area contributed by atoms with E-state index in [9.17, 15) is 9.18 Å². The zero-order chi connectivity index (χ0) is 16.6. The molecule has 116 valence electrons. The molecule has 0 fully saturated rings. The predicted molar refractivity (Wildman–Crippen MR) is 88.2 cm³/mol. The number of carbonyl (C=O) groups is 1. The van der Waals surface area contributed by atoms with E-state index in [2.05, 4.69) is 4.74 Å². The Balaban J connectivity index is 2.86. The molecule has 2 aromatic rings. The zero-order valence-electron chi connectivity index (χ0n) is 10.8. The van der Waals surface area contributed by atoms with Gasteiger partial charge in [-0.2, -0.15) is 0 Å². The fourth-order valence-electron chi connectivity index (χ4n) is 1.85. The number of carbonyl (C=O) groups excluding carboxylic acids is 1. The van der Waals surface area contributed by atoms with Gasteiger partial charge in [-0.1, -0.05) is 64.1 Å². The van der Waals surface area contributed by atoms with Crippen LogP contribution in [0.1, 0.15) is 10.4 Å². The molecule has 22 heavy (non-hydrogen) atoms. The molecule has 0 unspecified atom stereocenters. The SMILES string of the molecule is COC(=O)c1cc(F)ccc1-c1c(Cl)c(Cl)c(Cl)c(Cl)c1Cl. The van der Waals surface area contributed by atoms with E-state index in [1.54, 1.807) is 0 Å². The van der Waals surface area contributed by atoms with Gasteiger partial charge in [0.2, 0.25) is 0 Å². The molecule has 0 aliphatic heterocycles. The summed E-state index contributed by atoms with van der Waals surface area (Å²) in [5.74, 6) is -1.38. The van der Waals surface area contributed by atoms with Gasteiger partial charge in [-0.3, -0.25) is 0 Å². The van der Waals surface area contributed by atoms with Crippen molar-refractivity contribution in [1.82, 2.24) is 0 Å². The molecule has 8 heteroatoms. The highest BCUT2D eigenvalue weighted by Gasteiger charge is 2.24. The number of rotatable bonds is 2. The average molecular weight is 402 g/mol. The normalized spacial score (nSPS) is 10.7. The first-order valence-electron chi connectivity index (χ1n) is 5.69. The third-order valence-electron chi connectivity index (χ3n) is 2.87. The first-order chi connectivity index (χ1) is 10.3. The van der Waals surface area contributed by atoms with Crippen LogP contribution in [0.3, 0.4) is 0 Å². The number of methoxy groups -OCH3 is 1. The van der Waals surface area contributed by atoms with Crippen molar-refractivity contribution in [3.63, 3.8) is 0 Å². The lowest BCUT2D eigenvalue weighted by Crippen LogP contribution is -2.05. The second-order valence-corrected chi connectivity index (χ2v) is 6.02. The van der Waals surface area contributed by atoms with Gasteiger partial charge in [-0.25, -0.2) is 9.18 Å². The van der Waals surface area contributed by atoms with Crippen LogP contribution in [-0.2, 0) is 4.74 Å². The van der Waals surface area contributed by atoms with Crippen molar-refractivity contribution in [3.05, 3.63) is 54.7 Å². The van der Waals surface area contributed by atoms with Crippen LogP contribution < -0.4 is 0 Å². The van der Waals surface area contributed by atoms with Crippen molar-refractivity contribution >= 4 is 64.0 Å². The third kappa shape index (κ3) is 3.01. The molecule has 0 aliphatic rings. The second kappa shape index (κ2) is 6.81. The summed E-state index contributed by atoms with van der Waals surface area (Å²) >= 11 is 30.3. The van der Waals surface area contributed by atoms with Gasteiger partial charge in [-0.05, 0) is 17.7 Å². The molecule has 2 nitrogen and oxygen atoms in total.